The van der Waals surface area contributed by atoms with Crippen molar-refractivity contribution in [1.82, 2.24) is 0 Å². The molecule has 150 valence electrons. The molecule has 3 rings (SSSR count). The van der Waals surface area contributed by atoms with Crippen molar-refractivity contribution < 1.29 is 13.9 Å². The van der Waals surface area contributed by atoms with Crippen LogP contribution in [0.1, 0.15) is 22.8 Å². The molecule has 0 aliphatic rings. The topological polar surface area (TPSA) is 38.3 Å². The van der Waals surface area contributed by atoms with Crippen LogP contribution in [0.3, 0.4) is 0 Å². The second-order valence-electron chi connectivity index (χ2n) is 6.63. The first-order valence-corrected chi connectivity index (χ1v) is 10.6. The first kappa shape index (κ1) is 21.1. The summed E-state index contributed by atoms with van der Waals surface area (Å²) >= 11 is 1.49. The fourth-order valence-electron chi connectivity index (χ4n) is 2.95. The van der Waals surface area contributed by atoms with Crippen molar-refractivity contribution in [1.29, 1.82) is 0 Å². The van der Waals surface area contributed by atoms with Crippen LogP contribution in [0.25, 0.3) is 0 Å². The highest BCUT2D eigenvalue weighted by Gasteiger charge is 2.14. The number of ether oxygens (including phenoxy) is 1. The van der Waals surface area contributed by atoms with Crippen molar-refractivity contribution in [2.45, 2.75) is 13.0 Å². The number of anilines is 1. The summed E-state index contributed by atoms with van der Waals surface area (Å²) in [5.41, 5.74) is 3.55. The van der Waals surface area contributed by atoms with Crippen molar-refractivity contribution in [2.24, 2.45) is 0 Å². The molecule has 0 saturated heterocycles. The average molecular weight is 410 g/mol. The van der Waals surface area contributed by atoms with Gasteiger partial charge in [-0.15, -0.1) is 11.8 Å². The molecule has 0 aliphatic heterocycles. The van der Waals surface area contributed by atoms with Crippen molar-refractivity contribution in [3.8, 4) is 0 Å². The molecule has 0 atom stereocenters. The van der Waals surface area contributed by atoms with Crippen molar-refractivity contribution in [3.05, 3.63) is 101 Å². The van der Waals surface area contributed by atoms with E-state index in [0.717, 1.165) is 16.7 Å². The zero-order chi connectivity index (χ0) is 20.5. The van der Waals surface area contributed by atoms with Gasteiger partial charge in [0, 0.05) is 11.4 Å². The third kappa shape index (κ3) is 6.44. The number of carbonyl (C=O) groups excluding carboxylic acids is 1. The third-order valence-corrected chi connectivity index (χ3v) is 5.35. The fourth-order valence-corrected chi connectivity index (χ4v) is 3.56. The molecule has 1 amide bonds. The number of thioether (sulfide) groups is 1. The fraction of sp³-hybridized carbons (Fsp3) is 0.208. The van der Waals surface area contributed by atoms with Gasteiger partial charge in [0.2, 0.25) is 5.91 Å². The number of benzene rings is 3. The van der Waals surface area contributed by atoms with E-state index in [1.165, 1.54) is 23.9 Å². The van der Waals surface area contributed by atoms with Gasteiger partial charge in [-0.1, -0.05) is 66.7 Å². The molecule has 0 aliphatic carbocycles. The third-order valence-electron chi connectivity index (χ3n) is 4.42. The zero-order valence-electron chi connectivity index (χ0n) is 16.3. The van der Waals surface area contributed by atoms with E-state index in [9.17, 15) is 9.18 Å². The van der Waals surface area contributed by atoms with Crippen molar-refractivity contribution in [2.75, 3.05) is 23.4 Å². The molecule has 0 saturated carbocycles. The maximum atomic E-state index is 13.3. The van der Waals surface area contributed by atoms with Gasteiger partial charge in [0.05, 0.1) is 12.4 Å². The van der Waals surface area contributed by atoms with Crippen LogP contribution in [-0.2, 0) is 9.53 Å². The van der Waals surface area contributed by atoms with Gasteiger partial charge in [-0.05, 0) is 35.7 Å². The summed E-state index contributed by atoms with van der Waals surface area (Å²) in [5.74, 6) is 0.470. The molecule has 0 aromatic heterocycles. The van der Waals surface area contributed by atoms with E-state index < -0.39 is 0 Å². The minimum Gasteiger partial charge on any atom is -0.368 e. The van der Waals surface area contributed by atoms with Crippen LogP contribution >= 0.6 is 11.8 Å². The van der Waals surface area contributed by atoms with E-state index >= 15 is 0 Å². The number of aryl methyl sites for hydroxylation is 1. The Labute approximate surface area is 175 Å². The van der Waals surface area contributed by atoms with Crippen LogP contribution in [0, 0.1) is 12.7 Å². The lowest BCUT2D eigenvalue weighted by molar-refractivity contribution is -0.113. The van der Waals surface area contributed by atoms with Gasteiger partial charge in [0.25, 0.3) is 0 Å². The Kier molecular flexibility index (Phi) is 7.85. The minimum atomic E-state index is -0.361. The highest BCUT2D eigenvalue weighted by Crippen LogP contribution is 2.26. The van der Waals surface area contributed by atoms with E-state index in [1.807, 2.05) is 43.3 Å². The van der Waals surface area contributed by atoms with Crippen LogP contribution < -0.4 is 5.32 Å². The standard InChI is InChI=1S/C24H24FNO2S/c1-18-12-13-21(25)16-22(18)26-23(27)17-29-15-14-28-24(19-8-4-2-5-9-19)20-10-6-3-7-11-20/h2-13,16,24H,14-15,17H2,1H3,(H,26,27). The molecule has 3 aromatic rings. The Bertz CT molecular complexity index is 879. The lowest BCUT2D eigenvalue weighted by atomic mass is 10.0. The summed E-state index contributed by atoms with van der Waals surface area (Å²) < 4.78 is 19.5. The minimum absolute atomic E-state index is 0.137. The Morgan fingerprint density at radius 2 is 1.62 bits per heavy atom. The molecular formula is C24H24FNO2S. The van der Waals surface area contributed by atoms with E-state index in [2.05, 4.69) is 29.6 Å². The molecular weight excluding hydrogens is 385 g/mol. The van der Waals surface area contributed by atoms with E-state index in [0.29, 0.717) is 23.8 Å². The zero-order valence-corrected chi connectivity index (χ0v) is 17.1. The molecule has 0 unspecified atom stereocenters. The van der Waals surface area contributed by atoms with Gasteiger partial charge in [0.15, 0.2) is 0 Å². The van der Waals surface area contributed by atoms with Crippen LogP contribution in [0.2, 0.25) is 0 Å². The molecule has 0 radical (unpaired) electrons. The Morgan fingerprint density at radius 3 is 2.24 bits per heavy atom. The quantitative estimate of drug-likeness (QED) is 0.467. The highest BCUT2D eigenvalue weighted by molar-refractivity contribution is 7.99. The summed E-state index contributed by atoms with van der Waals surface area (Å²) in [4.78, 5) is 12.1. The van der Waals surface area contributed by atoms with Gasteiger partial charge in [-0.3, -0.25) is 4.79 Å². The van der Waals surface area contributed by atoms with Crippen LogP contribution in [0.5, 0.6) is 0 Å². The van der Waals surface area contributed by atoms with Crippen LogP contribution in [-0.4, -0.2) is 24.0 Å². The monoisotopic (exact) mass is 409 g/mol. The summed E-state index contributed by atoms with van der Waals surface area (Å²) in [6, 6.07) is 24.6. The second-order valence-corrected chi connectivity index (χ2v) is 7.74. The van der Waals surface area contributed by atoms with Crippen LogP contribution in [0.4, 0.5) is 10.1 Å². The molecule has 0 bridgehead atoms. The molecule has 0 spiro atoms. The molecule has 5 heteroatoms. The maximum absolute atomic E-state index is 13.3. The van der Waals surface area contributed by atoms with Crippen molar-refractivity contribution >= 4 is 23.4 Å². The number of carbonyl (C=O) groups is 1. The van der Waals surface area contributed by atoms with Gasteiger partial charge >= 0.3 is 0 Å². The van der Waals surface area contributed by atoms with Gasteiger partial charge in [-0.2, -0.15) is 0 Å². The largest absolute Gasteiger partial charge is 0.368 e. The SMILES string of the molecule is Cc1ccc(F)cc1NC(=O)CSCCOC(c1ccccc1)c1ccccc1. The molecule has 29 heavy (non-hydrogen) atoms. The normalized spacial score (nSPS) is 10.9. The van der Waals surface area contributed by atoms with Gasteiger partial charge < -0.3 is 10.1 Å². The molecule has 0 fully saturated rings. The first-order valence-electron chi connectivity index (χ1n) is 9.49. The Morgan fingerprint density at radius 1 is 1.00 bits per heavy atom. The molecule has 3 aromatic carbocycles. The predicted octanol–water partition coefficient (Wildman–Crippen LogP) is 5.61. The molecule has 0 heterocycles. The lowest BCUT2D eigenvalue weighted by Gasteiger charge is -2.19. The number of rotatable bonds is 9. The number of hydrogen-bond donors (Lipinski definition) is 1. The molecule has 1 N–H and O–H groups in total. The lowest BCUT2D eigenvalue weighted by Crippen LogP contribution is -2.16. The number of halogens is 1. The van der Waals surface area contributed by atoms with Gasteiger partial charge in [-0.25, -0.2) is 4.39 Å². The Balaban J connectivity index is 1.48. The van der Waals surface area contributed by atoms with E-state index in [4.69, 9.17) is 4.74 Å². The Hall–Kier alpha value is -2.63. The first-order chi connectivity index (χ1) is 14.1. The summed E-state index contributed by atoms with van der Waals surface area (Å²) in [6.45, 7) is 2.36. The van der Waals surface area contributed by atoms with Crippen LogP contribution in [0.15, 0.2) is 78.9 Å². The highest BCUT2D eigenvalue weighted by atomic mass is 32.2. The molecule has 3 nitrogen and oxygen atoms in total. The smallest absolute Gasteiger partial charge is 0.234 e. The number of nitrogens with one attached hydrogen (secondary N) is 1. The van der Waals surface area contributed by atoms with E-state index in [1.54, 1.807) is 6.07 Å². The predicted molar refractivity (Wildman–Crippen MR) is 118 cm³/mol. The van der Waals surface area contributed by atoms with Crippen molar-refractivity contribution in [3.63, 3.8) is 0 Å². The summed E-state index contributed by atoms with van der Waals surface area (Å²) in [6.07, 6.45) is -0.137. The second kappa shape index (κ2) is 10.8. The summed E-state index contributed by atoms with van der Waals surface area (Å²) in [5, 5.41) is 2.76. The van der Waals surface area contributed by atoms with E-state index in [-0.39, 0.29) is 17.8 Å². The average Bonchev–Trinajstić information content (AvgIpc) is 2.74. The number of amides is 1. The summed E-state index contributed by atoms with van der Waals surface area (Å²) in [7, 11) is 0. The maximum Gasteiger partial charge on any atom is 0.234 e. The number of hydrogen-bond acceptors (Lipinski definition) is 3. The van der Waals surface area contributed by atoms with Gasteiger partial charge in [0.1, 0.15) is 11.9 Å².